The van der Waals surface area contributed by atoms with Crippen molar-refractivity contribution in [2.24, 2.45) is 0 Å². The topological polar surface area (TPSA) is 68.3 Å². The molecule has 0 radical (unpaired) electrons. The van der Waals surface area contributed by atoms with Gasteiger partial charge in [-0.1, -0.05) is 11.6 Å². The summed E-state index contributed by atoms with van der Waals surface area (Å²) in [7, 11) is -2.14. The normalized spacial score (nSPS) is 11.4. The lowest BCUT2D eigenvalue weighted by Gasteiger charge is -2.10. The summed E-state index contributed by atoms with van der Waals surface area (Å²) in [5.41, 5.74) is 2.17. The van der Waals surface area contributed by atoms with Crippen LogP contribution in [0.4, 0.5) is 5.82 Å². The number of aryl methyl sites for hydroxylation is 2. The van der Waals surface area contributed by atoms with Crippen molar-refractivity contribution in [2.45, 2.75) is 18.7 Å². The number of halogens is 1. The zero-order chi connectivity index (χ0) is 18.9. The van der Waals surface area contributed by atoms with Gasteiger partial charge in [-0.2, -0.15) is 0 Å². The fourth-order valence-electron chi connectivity index (χ4n) is 2.42. The second-order valence-electron chi connectivity index (χ2n) is 5.74. The van der Waals surface area contributed by atoms with E-state index >= 15 is 0 Å². The lowest BCUT2D eigenvalue weighted by Crippen LogP contribution is -2.14. The van der Waals surface area contributed by atoms with Gasteiger partial charge in [-0.3, -0.25) is 4.72 Å². The Labute approximate surface area is 161 Å². The van der Waals surface area contributed by atoms with Gasteiger partial charge in [0.15, 0.2) is 5.82 Å². The first kappa shape index (κ1) is 18.7. The fourth-order valence-corrected chi connectivity index (χ4v) is 4.78. The molecule has 26 heavy (non-hydrogen) atoms. The summed E-state index contributed by atoms with van der Waals surface area (Å²) in [6.07, 6.45) is 0. The molecule has 8 heteroatoms. The van der Waals surface area contributed by atoms with Gasteiger partial charge in [-0.15, -0.1) is 11.3 Å². The number of nitrogens with one attached hydrogen (secondary N) is 1. The Morgan fingerprint density at radius 1 is 1.12 bits per heavy atom. The van der Waals surface area contributed by atoms with Gasteiger partial charge in [0, 0.05) is 16.0 Å². The Balaban J connectivity index is 1.87. The van der Waals surface area contributed by atoms with E-state index in [1.165, 1.54) is 11.3 Å². The maximum atomic E-state index is 12.7. The number of anilines is 1. The smallest absolute Gasteiger partial charge is 0.263 e. The van der Waals surface area contributed by atoms with Gasteiger partial charge < -0.3 is 4.74 Å². The van der Waals surface area contributed by atoms with Crippen LogP contribution >= 0.6 is 22.9 Å². The molecule has 2 aromatic carbocycles. The lowest BCUT2D eigenvalue weighted by molar-refractivity contribution is 0.415. The first-order chi connectivity index (χ1) is 12.3. The first-order valence-electron chi connectivity index (χ1n) is 7.69. The predicted molar refractivity (Wildman–Crippen MR) is 106 cm³/mol. The van der Waals surface area contributed by atoms with Crippen molar-refractivity contribution in [3.05, 3.63) is 57.9 Å². The molecule has 0 bridgehead atoms. The van der Waals surface area contributed by atoms with Gasteiger partial charge in [-0.05, 0) is 61.4 Å². The number of methoxy groups -OCH3 is 1. The van der Waals surface area contributed by atoms with Gasteiger partial charge in [-0.25, -0.2) is 13.4 Å². The Bertz CT molecular complexity index is 1040. The van der Waals surface area contributed by atoms with Crippen LogP contribution in [0.5, 0.6) is 5.75 Å². The van der Waals surface area contributed by atoms with Crippen molar-refractivity contribution in [3.8, 4) is 16.3 Å². The van der Waals surface area contributed by atoms with Gasteiger partial charge in [0.05, 0.1) is 12.0 Å². The molecular weight excluding hydrogens is 392 g/mol. The Morgan fingerprint density at radius 2 is 1.81 bits per heavy atom. The van der Waals surface area contributed by atoms with Crippen molar-refractivity contribution in [1.29, 1.82) is 0 Å². The molecule has 0 saturated heterocycles. The van der Waals surface area contributed by atoms with E-state index in [1.54, 1.807) is 38.5 Å². The molecule has 1 N–H and O–H groups in total. The highest BCUT2D eigenvalue weighted by atomic mass is 35.5. The van der Waals surface area contributed by atoms with Gasteiger partial charge in [0.25, 0.3) is 10.0 Å². The SMILES string of the molecule is COc1ccc(-c2nc(NS(=O)(=O)c3cc(C)c(Cl)cc3C)cs2)cc1. The number of benzene rings is 2. The molecule has 0 atom stereocenters. The quantitative estimate of drug-likeness (QED) is 0.652. The van der Waals surface area contributed by atoms with Crippen LogP contribution in [0.1, 0.15) is 11.1 Å². The molecule has 0 amide bonds. The standard InChI is InChI=1S/C18H17ClN2O3S2/c1-11-9-16(12(2)8-15(11)19)26(22,23)21-17-10-25-18(20-17)13-4-6-14(24-3)7-5-13/h4-10,21H,1-3H3. The van der Waals surface area contributed by atoms with Crippen LogP contribution in [0.25, 0.3) is 10.6 Å². The zero-order valence-corrected chi connectivity index (χ0v) is 16.8. The minimum atomic E-state index is -3.75. The second kappa shape index (κ2) is 7.26. The van der Waals surface area contributed by atoms with Crippen LogP contribution in [-0.4, -0.2) is 20.5 Å². The highest BCUT2D eigenvalue weighted by Gasteiger charge is 2.20. The maximum absolute atomic E-state index is 12.7. The molecule has 0 aliphatic heterocycles. The van der Waals surface area contributed by atoms with Gasteiger partial charge in [0.1, 0.15) is 10.8 Å². The largest absolute Gasteiger partial charge is 0.497 e. The number of hydrogen-bond acceptors (Lipinski definition) is 5. The Morgan fingerprint density at radius 3 is 2.46 bits per heavy atom. The van der Waals surface area contributed by atoms with E-state index in [0.29, 0.717) is 16.1 Å². The van der Waals surface area contributed by atoms with Crippen molar-refractivity contribution in [1.82, 2.24) is 4.98 Å². The monoisotopic (exact) mass is 408 g/mol. The van der Waals surface area contributed by atoms with E-state index in [9.17, 15) is 8.42 Å². The minimum absolute atomic E-state index is 0.193. The van der Waals surface area contributed by atoms with Crippen molar-refractivity contribution in [2.75, 3.05) is 11.8 Å². The highest BCUT2D eigenvalue weighted by Crippen LogP contribution is 2.30. The molecule has 0 fully saturated rings. The van der Waals surface area contributed by atoms with Crippen LogP contribution in [0, 0.1) is 13.8 Å². The summed E-state index contributed by atoms with van der Waals surface area (Å²) in [6, 6.07) is 10.6. The molecule has 0 saturated carbocycles. The molecule has 136 valence electrons. The van der Waals surface area contributed by atoms with E-state index in [-0.39, 0.29) is 10.7 Å². The van der Waals surface area contributed by atoms with Gasteiger partial charge in [0.2, 0.25) is 0 Å². The van der Waals surface area contributed by atoms with Crippen LogP contribution in [0.3, 0.4) is 0 Å². The van der Waals surface area contributed by atoms with E-state index < -0.39 is 10.0 Å². The predicted octanol–water partition coefficient (Wildman–Crippen LogP) is 4.89. The van der Waals surface area contributed by atoms with Crippen LogP contribution in [-0.2, 0) is 10.0 Å². The Hall–Kier alpha value is -2.09. The van der Waals surface area contributed by atoms with E-state index in [4.69, 9.17) is 16.3 Å². The number of ether oxygens (including phenoxy) is 1. The average Bonchev–Trinajstić information content (AvgIpc) is 3.05. The maximum Gasteiger partial charge on any atom is 0.263 e. The summed E-state index contributed by atoms with van der Waals surface area (Å²) >= 11 is 7.42. The number of nitrogens with zero attached hydrogens (tertiary/aromatic N) is 1. The summed E-state index contributed by atoms with van der Waals surface area (Å²) in [4.78, 5) is 4.57. The number of rotatable bonds is 5. The molecule has 0 aliphatic rings. The van der Waals surface area contributed by atoms with Crippen LogP contribution < -0.4 is 9.46 Å². The number of hydrogen-bond donors (Lipinski definition) is 1. The molecule has 3 aromatic rings. The summed E-state index contributed by atoms with van der Waals surface area (Å²) in [5, 5.41) is 2.93. The van der Waals surface area contributed by atoms with Crippen molar-refractivity contribution >= 4 is 38.8 Å². The Kier molecular flexibility index (Phi) is 5.22. The summed E-state index contributed by atoms with van der Waals surface area (Å²) in [6.45, 7) is 3.48. The third-order valence-corrected chi connectivity index (χ3v) is 6.62. The second-order valence-corrected chi connectivity index (χ2v) is 8.65. The van der Waals surface area contributed by atoms with Gasteiger partial charge >= 0.3 is 0 Å². The summed E-state index contributed by atoms with van der Waals surface area (Å²) in [5.74, 6) is 1.03. The number of thiazole rings is 1. The molecule has 5 nitrogen and oxygen atoms in total. The number of sulfonamides is 1. The third kappa shape index (κ3) is 3.85. The minimum Gasteiger partial charge on any atom is -0.497 e. The summed E-state index contributed by atoms with van der Waals surface area (Å²) < 4.78 is 33.1. The zero-order valence-electron chi connectivity index (χ0n) is 14.4. The fraction of sp³-hybridized carbons (Fsp3) is 0.167. The molecule has 3 rings (SSSR count). The van der Waals surface area contributed by atoms with Crippen LogP contribution in [0.2, 0.25) is 5.02 Å². The molecule has 0 aliphatic carbocycles. The lowest BCUT2D eigenvalue weighted by atomic mass is 10.2. The van der Waals surface area contributed by atoms with Crippen LogP contribution in [0.15, 0.2) is 46.7 Å². The van der Waals surface area contributed by atoms with Crippen molar-refractivity contribution < 1.29 is 13.2 Å². The number of aromatic nitrogens is 1. The van der Waals surface area contributed by atoms with E-state index in [2.05, 4.69) is 9.71 Å². The van der Waals surface area contributed by atoms with E-state index in [1.807, 2.05) is 24.3 Å². The van der Waals surface area contributed by atoms with Crippen molar-refractivity contribution in [3.63, 3.8) is 0 Å². The first-order valence-corrected chi connectivity index (χ1v) is 10.4. The molecular formula is C18H17ClN2O3S2. The third-order valence-electron chi connectivity index (χ3n) is 3.83. The highest BCUT2D eigenvalue weighted by molar-refractivity contribution is 7.92. The molecule has 0 spiro atoms. The molecule has 0 unspecified atom stereocenters. The molecule has 1 heterocycles. The average molecular weight is 409 g/mol. The van der Waals surface area contributed by atoms with E-state index in [0.717, 1.165) is 16.3 Å². The molecule has 1 aromatic heterocycles.